The third kappa shape index (κ3) is 4.00. The number of amides is 1. The van der Waals surface area contributed by atoms with Gasteiger partial charge in [0.1, 0.15) is 11.8 Å². The molecule has 1 saturated heterocycles. The third-order valence-electron chi connectivity index (χ3n) is 7.65. The van der Waals surface area contributed by atoms with Crippen molar-refractivity contribution in [3.63, 3.8) is 0 Å². The van der Waals surface area contributed by atoms with Crippen molar-refractivity contribution in [1.82, 2.24) is 10.2 Å². The van der Waals surface area contributed by atoms with Crippen LogP contribution < -0.4 is 5.32 Å². The van der Waals surface area contributed by atoms with Crippen LogP contribution in [0.3, 0.4) is 0 Å². The van der Waals surface area contributed by atoms with Gasteiger partial charge in [0.15, 0.2) is 0 Å². The number of rotatable bonds is 4. The smallest absolute Gasteiger partial charge is 0.408 e. The molecule has 2 saturated carbocycles. The second-order valence-electron chi connectivity index (χ2n) is 11.1. The number of carbonyl (C=O) groups excluding carboxylic acids is 1. The fourth-order valence-corrected chi connectivity index (χ4v) is 5.95. The Labute approximate surface area is 165 Å². The average Bonchev–Trinajstić information content (AvgIpc) is 2.88. The lowest BCUT2D eigenvalue weighted by Gasteiger charge is -2.46. The number of alkyl carbamates (subject to hydrolysis) is 1. The number of carbonyl (C=O) groups is 1. The van der Waals surface area contributed by atoms with Gasteiger partial charge in [0.05, 0.1) is 6.04 Å². The second kappa shape index (κ2) is 6.91. The van der Waals surface area contributed by atoms with Crippen LogP contribution in [0, 0.1) is 22.7 Å². The largest absolute Gasteiger partial charge is 0.444 e. The highest BCUT2D eigenvalue weighted by Crippen LogP contribution is 2.65. The molecule has 3 fully saturated rings. The molecule has 0 aromatic rings. The van der Waals surface area contributed by atoms with E-state index in [0.29, 0.717) is 23.3 Å². The van der Waals surface area contributed by atoms with Crippen molar-refractivity contribution < 1.29 is 14.6 Å². The van der Waals surface area contributed by atoms with Crippen LogP contribution in [0.15, 0.2) is 0 Å². The maximum absolute atomic E-state index is 12.6. The minimum atomic E-state index is -0.667. The van der Waals surface area contributed by atoms with Gasteiger partial charge >= 0.3 is 6.09 Å². The molecule has 0 aromatic heterocycles. The van der Waals surface area contributed by atoms with Gasteiger partial charge < -0.3 is 15.2 Å². The van der Waals surface area contributed by atoms with E-state index in [9.17, 15) is 9.90 Å². The van der Waals surface area contributed by atoms with Crippen LogP contribution >= 0.6 is 0 Å². The minimum absolute atomic E-state index is 0.101. The van der Waals surface area contributed by atoms with Crippen molar-refractivity contribution in [2.75, 3.05) is 6.54 Å². The van der Waals surface area contributed by atoms with Gasteiger partial charge in [-0.3, -0.25) is 4.90 Å². The predicted molar refractivity (Wildman–Crippen MR) is 107 cm³/mol. The normalized spacial score (nSPS) is 34.4. The molecule has 2 unspecified atom stereocenters. The van der Waals surface area contributed by atoms with Gasteiger partial charge in [-0.15, -0.1) is 0 Å². The SMILES string of the molecule is C[C@@H]1C2[C@@H](CN1C(O)[C@@H](NC(=O)OC(C)(C)C)C1(C)CCCCC1)C2(C)C. The molecular formula is C22H40N2O3. The zero-order chi connectivity index (χ0) is 20.2. The summed E-state index contributed by atoms with van der Waals surface area (Å²) in [6.07, 6.45) is 4.53. The molecule has 2 aliphatic carbocycles. The van der Waals surface area contributed by atoms with E-state index in [1.807, 2.05) is 20.8 Å². The molecule has 156 valence electrons. The lowest BCUT2D eigenvalue weighted by molar-refractivity contribution is -0.0819. The maximum atomic E-state index is 12.6. The maximum Gasteiger partial charge on any atom is 0.408 e. The summed E-state index contributed by atoms with van der Waals surface area (Å²) in [6, 6.07) is 0.0332. The molecule has 0 aromatic carbocycles. The Morgan fingerprint density at radius 2 is 1.78 bits per heavy atom. The molecule has 0 radical (unpaired) electrons. The highest BCUT2D eigenvalue weighted by atomic mass is 16.6. The second-order valence-corrected chi connectivity index (χ2v) is 11.1. The Morgan fingerprint density at radius 3 is 2.26 bits per heavy atom. The zero-order valence-electron chi connectivity index (χ0n) is 18.3. The summed E-state index contributed by atoms with van der Waals surface area (Å²) in [5.74, 6) is 1.30. The van der Waals surface area contributed by atoms with E-state index in [1.54, 1.807) is 0 Å². The van der Waals surface area contributed by atoms with Crippen molar-refractivity contribution in [1.29, 1.82) is 0 Å². The molecule has 5 atom stereocenters. The van der Waals surface area contributed by atoms with Crippen LogP contribution in [0.5, 0.6) is 0 Å². The third-order valence-corrected chi connectivity index (χ3v) is 7.65. The summed E-state index contributed by atoms with van der Waals surface area (Å²) in [5.41, 5.74) is -0.255. The standard InChI is InChI=1S/C22H40N2O3/c1-14-16-15(21(16,5)6)13-24(14)18(25)17(22(7)11-9-8-10-12-22)23-19(26)27-20(2,3)4/h14-18,25H,8-13H2,1-7H3,(H,23,26)/t14-,15-,16?,17-,18?/m1/s1. The van der Waals surface area contributed by atoms with Gasteiger partial charge in [-0.2, -0.15) is 0 Å². The summed E-state index contributed by atoms with van der Waals surface area (Å²) in [7, 11) is 0. The van der Waals surface area contributed by atoms with E-state index >= 15 is 0 Å². The van der Waals surface area contributed by atoms with Gasteiger partial charge in [0, 0.05) is 12.6 Å². The lowest BCUT2D eigenvalue weighted by Crippen LogP contribution is -2.61. The average molecular weight is 381 g/mol. The van der Waals surface area contributed by atoms with Crippen molar-refractivity contribution in [3.05, 3.63) is 0 Å². The number of aliphatic hydroxyl groups is 1. The van der Waals surface area contributed by atoms with Gasteiger partial charge in [0.25, 0.3) is 0 Å². The highest BCUT2D eigenvalue weighted by molar-refractivity contribution is 5.68. The molecule has 0 bridgehead atoms. The van der Waals surface area contributed by atoms with Crippen molar-refractivity contribution in [2.24, 2.45) is 22.7 Å². The molecular weight excluding hydrogens is 340 g/mol. The number of likely N-dealkylation sites (tertiary alicyclic amines) is 1. The first-order valence-corrected chi connectivity index (χ1v) is 10.8. The van der Waals surface area contributed by atoms with E-state index in [1.165, 1.54) is 6.42 Å². The van der Waals surface area contributed by atoms with E-state index in [2.05, 4.69) is 37.9 Å². The van der Waals surface area contributed by atoms with Crippen LogP contribution in [-0.2, 0) is 4.74 Å². The highest BCUT2D eigenvalue weighted by Gasteiger charge is 2.66. The molecule has 5 heteroatoms. The fourth-order valence-electron chi connectivity index (χ4n) is 5.95. The molecule has 0 spiro atoms. The van der Waals surface area contributed by atoms with Crippen LogP contribution in [0.4, 0.5) is 4.79 Å². The molecule has 27 heavy (non-hydrogen) atoms. The van der Waals surface area contributed by atoms with Crippen LogP contribution in [0.1, 0.15) is 80.6 Å². The summed E-state index contributed by atoms with van der Waals surface area (Å²) >= 11 is 0. The first-order valence-electron chi connectivity index (χ1n) is 10.8. The topological polar surface area (TPSA) is 61.8 Å². The number of hydrogen-bond donors (Lipinski definition) is 2. The number of ether oxygens (including phenoxy) is 1. The number of nitrogens with one attached hydrogen (secondary N) is 1. The van der Waals surface area contributed by atoms with Gasteiger partial charge in [0.2, 0.25) is 0 Å². The van der Waals surface area contributed by atoms with E-state index in [4.69, 9.17) is 4.74 Å². The van der Waals surface area contributed by atoms with Gasteiger partial charge in [-0.05, 0) is 63.2 Å². The number of nitrogens with zero attached hydrogens (tertiary/aromatic N) is 1. The summed E-state index contributed by atoms with van der Waals surface area (Å²) < 4.78 is 5.53. The van der Waals surface area contributed by atoms with E-state index in [-0.39, 0.29) is 11.5 Å². The number of hydrogen-bond acceptors (Lipinski definition) is 4. The minimum Gasteiger partial charge on any atom is -0.444 e. The van der Waals surface area contributed by atoms with Gasteiger partial charge in [-0.1, -0.05) is 40.0 Å². The van der Waals surface area contributed by atoms with Gasteiger partial charge in [-0.25, -0.2) is 4.79 Å². The molecule has 1 amide bonds. The Hall–Kier alpha value is -0.810. The molecule has 2 N–H and O–H groups in total. The lowest BCUT2D eigenvalue weighted by atomic mass is 9.69. The number of fused-ring (bicyclic) bond motifs is 1. The Kier molecular flexibility index (Phi) is 5.35. The van der Waals surface area contributed by atoms with Crippen molar-refractivity contribution >= 4 is 6.09 Å². The summed E-state index contributed by atoms with van der Waals surface area (Å²) in [6.45, 7) is 15.7. The molecule has 1 aliphatic heterocycles. The molecule has 1 heterocycles. The first-order chi connectivity index (χ1) is 12.4. The Bertz CT molecular complexity index is 562. The molecule has 3 aliphatic rings. The zero-order valence-corrected chi connectivity index (χ0v) is 18.3. The van der Waals surface area contributed by atoms with Crippen LogP contribution in [-0.4, -0.2) is 46.6 Å². The number of aliphatic hydroxyl groups excluding tert-OH is 1. The Morgan fingerprint density at radius 1 is 1.19 bits per heavy atom. The van der Waals surface area contributed by atoms with Crippen LogP contribution in [0.25, 0.3) is 0 Å². The van der Waals surface area contributed by atoms with E-state index in [0.717, 1.165) is 32.2 Å². The molecule has 3 rings (SSSR count). The number of piperidine rings is 1. The fraction of sp³-hybridized carbons (Fsp3) is 0.955. The molecule has 5 nitrogen and oxygen atoms in total. The van der Waals surface area contributed by atoms with Crippen LogP contribution in [0.2, 0.25) is 0 Å². The quantitative estimate of drug-likeness (QED) is 0.769. The monoisotopic (exact) mass is 380 g/mol. The first kappa shape index (κ1) is 20.9. The summed E-state index contributed by atoms with van der Waals surface area (Å²) in [5, 5.41) is 14.5. The van der Waals surface area contributed by atoms with E-state index < -0.39 is 17.9 Å². The summed E-state index contributed by atoms with van der Waals surface area (Å²) in [4.78, 5) is 14.8. The Balaban J connectivity index is 1.76. The van der Waals surface area contributed by atoms with Crippen molar-refractivity contribution in [3.8, 4) is 0 Å². The van der Waals surface area contributed by atoms with Crippen molar-refractivity contribution in [2.45, 2.75) is 104 Å². The predicted octanol–water partition coefficient (Wildman–Crippen LogP) is 4.14.